The van der Waals surface area contributed by atoms with Gasteiger partial charge >= 0.3 is 0 Å². The summed E-state index contributed by atoms with van der Waals surface area (Å²) in [5, 5.41) is 3.41. The molecular weight excluding hydrogens is 306 g/mol. The van der Waals surface area contributed by atoms with E-state index in [9.17, 15) is 14.4 Å². The largest absolute Gasteiger partial charge is 0.366 e. The quantitative estimate of drug-likeness (QED) is 0.771. The molecule has 3 rings (SSSR count). The zero-order chi connectivity index (χ0) is 17.3. The second-order valence-corrected chi connectivity index (χ2v) is 5.37. The number of amides is 2. The third kappa shape index (κ3) is 2.77. The predicted octanol–water partition coefficient (Wildman–Crippen LogP) is 1.89. The summed E-state index contributed by atoms with van der Waals surface area (Å²) in [6.07, 6.45) is 0. The number of carbonyl (C=O) groups excluding carboxylic acids is 2. The summed E-state index contributed by atoms with van der Waals surface area (Å²) in [5.41, 5.74) is 6.77. The summed E-state index contributed by atoms with van der Waals surface area (Å²) >= 11 is 0. The van der Waals surface area contributed by atoms with Gasteiger partial charge in [0.05, 0.1) is 11.1 Å². The Bertz CT molecular complexity index is 1000. The Kier molecular flexibility index (Phi) is 3.87. The summed E-state index contributed by atoms with van der Waals surface area (Å²) < 4.78 is 1.49. The molecule has 0 unspecified atom stereocenters. The van der Waals surface area contributed by atoms with E-state index in [-0.39, 0.29) is 5.56 Å². The topological polar surface area (TPSA) is 94.2 Å². The summed E-state index contributed by atoms with van der Waals surface area (Å²) in [5.74, 6) is -0.929. The zero-order valence-electron chi connectivity index (χ0n) is 12.9. The van der Waals surface area contributed by atoms with Crippen molar-refractivity contribution in [3.05, 3.63) is 76.1 Å². The number of hydrogen-bond acceptors (Lipinski definition) is 3. The van der Waals surface area contributed by atoms with Crippen LogP contribution in [0.5, 0.6) is 0 Å². The van der Waals surface area contributed by atoms with Crippen LogP contribution in [0.15, 0.2) is 59.4 Å². The van der Waals surface area contributed by atoms with Gasteiger partial charge in [-0.25, -0.2) is 0 Å². The molecule has 120 valence electrons. The van der Waals surface area contributed by atoms with Gasteiger partial charge in [0.1, 0.15) is 0 Å². The average Bonchev–Trinajstić information content (AvgIpc) is 2.58. The van der Waals surface area contributed by atoms with E-state index in [1.165, 1.54) is 22.8 Å². The Morgan fingerprint density at radius 3 is 2.38 bits per heavy atom. The number of anilines is 1. The molecule has 3 N–H and O–H groups in total. The normalized spacial score (nSPS) is 10.5. The van der Waals surface area contributed by atoms with Crippen LogP contribution in [0.4, 0.5) is 5.69 Å². The van der Waals surface area contributed by atoms with Gasteiger partial charge in [-0.2, -0.15) is 0 Å². The Morgan fingerprint density at radius 1 is 1.04 bits per heavy atom. The van der Waals surface area contributed by atoms with Crippen molar-refractivity contribution in [1.29, 1.82) is 0 Å². The Morgan fingerprint density at radius 2 is 1.71 bits per heavy atom. The maximum absolute atomic E-state index is 12.6. The number of pyridine rings is 1. The lowest BCUT2D eigenvalue weighted by Gasteiger charge is -2.10. The molecule has 0 atom stereocenters. The van der Waals surface area contributed by atoms with Crippen LogP contribution < -0.4 is 16.6 Å². The fourth-order valence-corrected chi connectivity index (χ4v) is 2.51. The Labute approximate surface area is 137 Å². The third-order valence-corrected chi connectivity index (χ3v) is 3.83. The first kappa shape index (κ1) is 15.5. The van der Waals surface area contributed by atoms with E-state index in [2.05, 4.69) is 5.32 Å². The van der Waals surface area contributed by atoms with Crippen molar-refractivity contribution in [3.8, 4) is 0 Å². The fourth-order valence-electron chi connectivity index (χ4n) is 2.51. The molecule has 0 saturated carbocycles. The number of para-hydroxylation sites is 1. The van der Waals surface area contributed by atoms with E-state index in [1.807, 2.05) is 12.1 Å². The Hall–Kier alpha value is -3.41. The summed E-state index contributed by atoms with van der Waals surface area (Å²) in [4.78, 5) is 35.7. The van der Waals surface area contributed by atoms with Gasteiger partial charge in [0.2, 0.25) is 5.91 Å². The van der Waals surface area contributed by atoms with Gasteiger partial charge in [0.15, 0.2) is 0 Å². The molecule has 0 spiro atoms. The zero-order valence-corrected chi connectivity index (χ0v) is 12.9. The van der Waals surface area contributed by atoms with E-state index < -0.39 is 11.8 Å². The van der Waals surface area contributed by atoms with Crippen molar-refractivity contribution in [2.75, 3.05) is 5.32 Å². The minimum Gasteiger partial charge on any atom is -0.366 e. The molecule has 3 aromatic rings. The first-order chi connectivity index (χ1) is 11.5. The lowest BCUT2D eigenvalue weighted by molar-refractivity contribution is 0.0998. The van der Waals surface area contributed by atoms with E-state index in [1.54, 1.807) is 31.3 Å². The number of nitrogens with two attached hydrogens (primary N) is 1. The molecule has 2 amide bonds. The van der Waals surface area contributed by atoms with Crippen LogP contribution in [0, 0.1) is 0 Å². The molecule has 0 fully saturated rings. The third-order valence-electron chi connectivity index (χ3n) is 3.83. The fraction of sp³-hybridized carbons (Fsp3) is 0.0556. The molecule has 0 aliphatic carbocycles. The molecule has 1 aromatic heterocycles. The molecule has 6 nitrogen and oxygen atoms in total. The van der Waals surface area contributed by atoms with Crippen LogP contribution in [-0.4, -0.2) is 16.4 Å². The van der Waals surface area contributed by atoms with Crippen molar-refractivity contribution in [3.63, 3.8) is 0 Å². The number of aryl methyl sites for hydroxylation is 1. The van der Waals surface area contributed by atoms with Crippen LogP contribution >= 0.6 is 0 Å². The highest BCUT2D eigenvalue weighted by Crippen LogP contribution is 2.18. The first-order valence-electron chi connectivity index (χ1n) is 7.27. The lowest BCUT2D eigenvalue weighted by atomic mass is 10.1. The molecule has 1 heterocycles. The summed E-state index contributed by atoms with van der Waals surface area (Å²) in [7, 11) is 1.66. The van der Waals surface area contributed by atoms with E-state index in [0.717, 1.165) is 0 Å². The van der Waals surface area contributed by atoms with Crippen LogP contribution in [0.2, 0.25) is 0 Å². The number of hydrogen-bond donors (Lipinski definition) is 2. The Balaban J connectivity index is 1.99. The number of aromatic nitrogens is 1. The van der Waals surface area contributed by atoms with Crippen LogP contribution in [0.25, 0.3) is 10.9 Å². The molecule has 24 heavy (non-hydrogen) atoms. The molecule has 0 radical (unpaired) electrons. The van der Waals surface area contributed by atoms with E-state index in [4.69, 9.17) is 5.73 Å². The van der Waals surface area contributed by atoms with Gasteiger partial charge in [-0.05, 0) is 30.3 Å². The molecule has 0 bridgehead atoms. The van der Waals surface area contributed by atoms with Crippen molar-refractivity contribution in [2.45, 2.75) is 0 Å². The van der Waals surface area contributed by atoms with Gasteiger partial charge in [-0.15, -0.1) is 0 Å². The highest BCUT2D eigenvalue weighted by atomic mass is 16.2. The number of primary amides is 1. The van der Waals surface area contributed by atoms with Gasteiger partial charge < -0.3 is 15.6 Å². The van der Waals surface area contributed by atoms with E-state index >= 15 is 0 Å². The van der Waals surface area contributed by atoms with Crippen molar-refractivity contribution in [1.82, 2.24) is 4.57 Å². The second-order valence-electron chi connectivity index (χ2n) is 5.37. The van der Waals surface area contributed by atoms with Crippen molar-refractivity contribution in [2.24, 2.45) is 12.8 Å². The van der Waals surface area contributed by atoms with Gasteiger partial charge in [0.25, 0.3) is 11.5 Å². The van der Waals surface area contributed by atoms with Crippen LogP contribution in [0.3, 0.4) is 0 Å². The molecule has 0 aliphatic rings. The second kappa shape index (κ2) is 6.00. The number of carbonyl (C=O) groups is 2. The predicted molar refractivity (Wildman–Crippen MR) is 92.1 cm³/mol. The smallest absolute Gasteiger partial charge is 0.256 e. The highest BCUT2D eigenvalue weighted by Gasteiger charge is 2.13. The molecule has 0 aliphatic heterocycles. The maximum Gasteiger partial charge on any atom is 0.256 e. The van der Waals surface area contributed by atoms with E-state index in [0.29, 0.717) is 27.7 Å². The molecule has 6 heteroatoms. The molecule has 2 aromatic carbocycles. The van der Waals surface area contributed by atoms with Gasteiger partial charge in [-0.3, -0.25) is 14.4 Å². The number of nitrogens with zero attached hydrogens (tertiary/aromatic N) is 1. The number of nitrogens with one attached hydrogen (secondary N) is 1. The number of benzene rings is 2. The van der Waals surface area contributed by atoms with Gasteiger partial charge in [0, 0.05) is 29.8 Å². The first-order valence-corrected chi connectivity index (χ1v) is 7.27. The van der Waals surface area contributed by atoms with Crippen LogP contribution in [-0.2, 0) is 7.05 Å². The van der Waals surface area contributed by atoms with Crippen molar-refractivity contribution < 1.29 is 9.59 Å². The minimum atomic E-state index is -0.537. The lowest BCUT2D eigenvalue weighted by Crippen LogP contribution is -2.21. The maximum atomic E-state index is 12.6. The number of rotatable bonds is 3. The summed E-state index contributed by atoms with van der Waals surface area (Å²) in [6, 6.07) is 14.7. The SMILES string of the molecule is Cn1c(=O)cc(C(=O)Nc2ccc(C(N)=O)cc2)c2ccccc21. The van der Waals surface area contributed by atoms with Crippen molar-refractivity contribution >= 4 is 28.4 Å². The highest BCUT2D eigenvalue weighted by molar-refractivity contribution is 6.12. The standard InChI is InChI=1S/C18H15N3O3/c1-21-15-5-3-2-4-13(15)14(10-16(21)22)18(24)20-12-8-6-11(7-9-12)17(19)23/h2-10H,1H3,(H2,19,23)(H,20,24). The summed E-state index contributed by atoms with van der Waals surface area (Å²) in [6.45, 7) is 0. The molecular formula is C18H15N3O3. The van der Waals surface area contributed by atoms with Crippen LogP contribution in [0.1, 0.15) is 20.7 Å². The molecule has 0 saturated heterocycles. The number of fused-ring (bicyclic) bond motifs is 1. The minimum absolute atomic E-state index is 0.261. The monoisotopic (exact) mass is 321 g/mol. The van der Waals surface area contributed by atoms with Gasteiger partial charge in [-0.1, -0.05) is 18.2 Å². The average molecular weight is 321 g/mol.